The molecule has 3 rings (SSSR count). The van der Waals surface area contributed by atoms with Crippen LogP contribution in [0.2, 0.25) is 0 Å². The SMILES string of the molecule is O[C@H](COCc1ccco1)CN1CCN(c2cccc(C(F)(F)F)c2)CC1. The monoisotopic (exact) mass is 384 g/mol. The third kappa shape index (κ3) is 5.72. The number of aliphatic hydroxyl groups excluding tert-OH is 1. The molecular formula is C19H23F3N2O3. The summed E-state index contributed by atoms with van der Waals surface area (Å²) in [5.74, 6) is 0.705. The third-order valence-corrected chi connectivity index (χ3v) is 4.51. The first-order valence-corrected chi connectivity index (χ1v) is 8.84. The van der Waals surface area contributed by atoms with Gasteiger partial charge >= 0.3 is 6.18 Å². The average Bonchev–Trinajstić information content (AvgIpc) is 3.15. The molecule has 0 radical (unpaired) electrons. The van der Waals surface area contributed by atoms with E-state index in [1.807, 2.05) is 4.90 Å². The van der Waals surface area contributed by atoms with E-state index in [-0.39, 0.29) is 6.61 Å². The zero-order valence-electron chi connectivity index (χ0n) is 14.9. The minimum absolute atomic E-state index is 0.203. The molecule has 1 fully saturated rings. The smallest absolute Gasteiger partial charge is 0.416 e. The quantitative estimate of drug-likeness (QED) is 0.795. The fraction of sp³-hybridized carbons (Fsp3) is 0.474. The fourth-order valence-electron chi connectivity index (χ4n) is 3.11. The van der Waals surface area contributed by atoms with Crippen molar-refractivity contribution in [1.82, 2.24) is 4.90 Å². The molecular weight excluding hydrogens is 361 g/mol. The number of benzene rings is 1. The number of anilines is 1. The van der Waals surface area contributed by atoms with E-state index in [0.717, 1.165) is 6.07 Å². The van der Waals surface area contributed by atoms with Crippen molar-refractivity contribution in [3.63, 3.8) is 0 Å². The summed E-state index contributed by atoms with van der Waals surface area (Å²) in [6.07, 6.45) is -3.39. The average molecular weight is 384 g/mol. The molecule has 0 saturated carbocycles. The predicted octanol–water partition coefficient (Wildman–Crippen LogP) is 3.00. The lowest BCUT2D eigenvalue weighted by Gasteiger charge is -2.37. The Hall–Kier alpha value is -2.03. The number of nitrogens with zero attached hydrogens (tertiary/aromatic N) is 2. The molecule has 148 valence electrons. The number of halogens is 3. The number of aliphatic hydroxyl groups is 1. The molecule has 8 heteroatoms. The van der Waals surface area contributed by atoms with Crippen molar-refractivity contribution in [2.24, 2.45) is 0 Å². The summed E-state index contributed by atoms with van der Waals surface area (Å²) in [6, 6.07) is 8.98. The molecule has 0 amide bonds. The van der Waals surface area contributed by atoms with Gasteiger partial charge in [-0.2, -0.15) is 13.2 Å². The maximum atomic E-state index is 12.9. The predicted molar refractivity (Wildman–Crippen MR) is 94.5 cm³/mol. The van der Waals surface area contributed by atoms with Crippen molar-refractivity contribution in [1.29, 1.82) is 0 Å². The maximum Gasteiger partial charge on any atom is 0.416 e. The van der Waals surface area contributed by atoms with Gasteiger partial charge in [-0.1, -0.05) is 6.07 Å². The van der Waals surface area contributed by atoms with Crippen LogP contribution in [0, 0.1) is 0 Å². The molecule has 0 bridgehead atoms. The standard InChI is InChI=1S/C19H23F3N2O3/c20-19(21,22)15-3-1-4-16(11-15)24-8-6-23(7-9-24)12-17(25)13-26-14-18-5-2-10-27-18/h1-5,10-11,17,25H,6-9,12-14H2/t17-/m0/s1. The largest absolute Gasteiger partial charge is 0.467 e. The first-order chi connectivity index (χ1) is 12.9. The van der Waals surface area contributed by atoms with Crippen LogP contribution in [0.25, 0.3) is 0 Å². The van der Waals surface area contributed by atoms with Crippen LogP contribution in [-0.2, 0) is 17.5 Å². The highest BCUT2D eigenvalue weighted by atomic mass is 19.4. The van der Waals surface area contributed by atoms with Gasteiger partial charge in [0, 0.05) is 38.4 Å². The van der Waals surface area contributed by atoms with E-state index in [9.17, 15) is 18.3 Å². The fourth-order valence-corrected chi connectivity index (χ4v) is 3.11. The van der Waals surface area contributed by atoms with E-state index in [2.05, 4.69) is 4.90 Å². The zero-order valence-corrected chi connectivity index (χ0v) is 14.9. The van der Waals surface area contributed by atoms with Gasteiger partial charge in [0.1, 0.15) is 12.4 Å². The second-order valence-electron chi connectivity index (χ2n) is 6.58. The van der Waals surface area contributed by atoms with Crippen molar-refractivity contribution in [2.45, 2.75) is 18.9 Å². The number of furan rings is 1. The van der Waals surface area contributed by atoms with Crippen molar-refractivity contribution >= 4 is 5.69 Å². The highest BCUT2D eigenvalue weighted by Crippen LogP contribution is 2.31. The summed E-state index contributed by atoms with van der Waals surface area (Å²) in [7, 11) is 0. The van der Waals surface area contributed by atoms with E-state index < -0.39 is 17.8 Å². The molecule has 1 atom stereocenters. The lowest BCUT2D eigenvalue weighted by Crippen LogP contribution is -2.49. The normalized spacial score (nSPS) is 17.3. The van der Waals surface area contributed by atoms with Gasteiger partial charge < -0.3 is 19.2 Å². The molecule has 2 aromatic rings. The Morgan fingerprint density at radius 1 is 1.11 bits per heavy atom. The van der Waals surface area contributed by atoms with Crippen LogP contribution in [0.1, 0.15) is 11.3 Å². The molecule has 0 spiro atoms. The molecule has 1 saturated heterocycles. The second-order valence-corrected chi connectivity index (χ2v) is 6.58. The van der Waals surface area contributed by atoms with Gasteiger partial charge in [-0.3, -0.25) is 4.90 Å². The minimum atomic E-state index is -4.34. The molecule has 5 nitrogen and oxygen atoms in total. The van der Waals surface area contributed by atoms with Crippen LogP contribution in [-0.4, -0.2) is 55.4 Å². The van der Waals surface area contributed by atoms with Crippen LogP contribution in [0.4, 0.5) is 18.9 Å². The highest BCUT2D eigenvalue weighted by molar-refractivity contribution is 5.49. The Bertz CT molecular complexity index is 698. The van der Waals surface area contributed by atoms with Crippen molar-refractivity contribution in [3.8, 4) is 0 Å². The summed E-state index contributed by atoms with van der Waals surface area (Å²) >= 11 is 0. The Morgan fingerprint density at radius 3 is 2.56 bits per heavy atom. The number of alkyl halides is 3. The van der Waals surface area contributed by atoms with E-state index in [4.69, 9.17) is 9.15 Å². The number of piperazine rings is 1. The van der Waals surface area contributed by atoms with Crippen LogP contribution < -0.4 is 4.90 Å². The first kappa shape index (κ1) is 19.7. The van der Waals surface area contributed by atoms with Gasteiger partial charge in [-0.25, -0.2) is 0 Å². The van der Waals surface area contributed by atoms with E-state index >= 15 is 0 Å². The van der Waals surface area contributed by atoms with Crippen LogP contribution in [0.15, 0.2) is 47.1 Å². The molecule has 1 N–H and O–H groups in total. The Balaban J connectivity index is 1.42. The van der Waals surface area contributed by atoms with Gasteiger partial charge in [0.2, 0.25) is 0 Å². The molecule has 1 aromatic carbocycles. The number of ether oxygens (including phenoxy) is 1. The second kappa shape index (κ2) is 8.77. The zero-order chi connectivity index (χ0) is 19.3. The lowest BCUT2D eigenvalue weighted by molar-refractivity contribution is -0.137. The molecule has 2 heterocycles. The van der Waals surface area contributed by atoms with Gasteiger partial charge in [-0.05, 0) is 30.3 Å². The minimum Gasteiger partial charge on any atom is -0.467 e. The summed E-state index contributed by atoms with van der Waals surface area (Å²) < 4.78 is 49.2. The Labute approximate surface area is 155 Å². The molecule has 0 aliphatic carbocycles. The summed E-state index contributed by atoms with van der Waals surface area (Å²) in [4.78, 5) is 4.02. The Morgan fingerprint density at radius 2 is 1.89 bits per heavy atom. The highest BCUT2D eigenvalue weighted by Gasteiger charge is 2.31. The van der Waals surface area contributed by atoms with Gasteiger partial charge in [0.05, 0.1) is 24.5 Å². The number of hydrogen-bond donors (Lipinski definition) is 1. The topological polar surface area (TPSA) is 49.1 Å². The lowest BCUT2D eigenvalue weighted by atomic mass is 10.1. The summed E-state index contributed by atoms with van der Waals surface area (Å²) in [5.41, 5.74) is -0.0571. The van der Waals surface area contributed by atoms with Gasteiger partial charge in [0.15, 0.2) is 0 Å². The van der Waals surface area contributed by atoms with Crippen molar-refractivity contribution in [3.05, 3.63) is 54.0 Å². The van der Waals surface area contributed by atoms with Crippen molar-refractivity contribution in [2.75, 3.05) is 44.2 Å². The van der Waals surface area contributed by atoms with Gasteiger partial charge in [-0.15, -0.1) is 0 Å². The van der Waals surface area contributed by atoms with E-state index in [1.54, 1.807) is 24.5 Å². The molecule has 27 heavy (non-hydrogen) atoms. The van der Waals surface area contributed by atoms with Crippen LogP contribution in [0.5, 0.6) is 0 Å². The summed E-state index contributed by atoms with van der Waals surface area (Å²) in [5, 5.41) is 10.1. The van der Waals surface area contributed by atoms with Gasteiger partial charge in [0.25, 0.3) is 0 Å². The van der Waals surface area contributed by atoms with Crippen molar-refractivity contribution < 1.29 is 27.4 Å². The first-order valence-electron chi connectivity index (χ1n) is 8.84. The number of rotatable bonds is 7. The van der Waals surface area contributed by atoms with Crippen LogP contribution in [0.3, 0.4) is 0 Å². The third-order valence-electron chi connectivity index (χ3n) is 4.51. The summed E-state index contributed by atoms with van der Waals surface area (Å²) in [6.45, 7) is 3.55. The Kier molecular flexibility index (Phi) is 6.41. The van der Waals surface area contributed by atoms with E-state index in [1.165, 1.54) is 12.1 Å². The number of β-amino-alcohol motifs (C(OH)–C–C–N with tert-alkyl or cyclic N) is 1. The molecule has 0 unspecified atom stereocenters. The maximum absolute atomic E-state index is 12.9. The molecule has 1 aliphatic heterocycles. The molecule has 1 aliphatic rings. The van der Waals surface area contributed by atoms with E-state index in [0.29, 0.717) is 50.8 Å². The molecule has 1 aromatic heterocycles. The van der Waals surface area contributed by atoms with Crippen LogP contribution >= 0.6 is 0 Å². The number of hydrogen-bond acceptors (Lipinski definition) is 5.